The van der Waals surface area contributed by atoms with E-state index >= 15 is 0 Å². The first-order valence-electron chi connectivity index (χ1n) is 7.28. The predicted molar refractivity (Wildman–Crippen MR) is 93.9 cm³/mol. The highest BCUT2D eigenvalue weighted by atomic mass is 79.9. The van der Waals surface area contributed by atoms with Crippen LogP contribution in [0.15, 0.2) is 36.4 Å². The van der Waals surface area contributed by atoms with Crippen molar-refractivity contribution in [3.8, 4) is 0 Å². The van der Waals surface area contributed by atoms with E-state index < -0.39 is 0 Å². The summed E-state index contributed by atoms with van der Waals surface area (Å²) in [6, 6.07) is 7.64. The third kappa shape index (κ3) is 7.14. The lowest BCUT2D eigenvalue weighted by Gasteiger charge is -2.23. The summed E-state index contributed by atoms with van der Waals surface area (Å²) in [6.07, 6.45) is 4.55. The second-order valence-corrected chi connectivity index (χ2v) is 7.14. The van der Waals surface area contributed by atoms with Crippen molar-refractivity contribution in [3.63, 3.8) is 0 Å². The van der Waals surface area contributed by atoms with Crippen LogP contribution in [0.4, 0.5) is 0 Å². The van der Waals surface area contributed by atoms with Gasteiger partial charge in [-0.3, -0.25) is 4.79 Å². The Morgan fingerprint density at radius 1 is 1.33 bits per heavy atom. The molecular weight excluding hydrogens is 350 g/mol. The van der Waals surface area contributed by atoms with Gasteiger partial charge in [-0.05, 0) is 30.0 Å². The number of rotatable bonds is 7. The minimum absolute atomic E-state index is 0.0524. The van der Waals surface area contributed by atoms with Gasteiger partial charge in [0.05, 0.1) is 0 Å². The number of alkyl halides is 1. The smallest absolute Gasteiger partial charge is 0.246 e. The Labute approximate surface area is 141 Å². The van der Waals surface area contributed by atoms with E-state index in [0.717, 1.165) is 18.5 Å². The van der Waals surface area contributed by atoms with Gasteiger partial charge in [0.2, 0.25) is 5.91 Å². The second-order valence-electron chi connectivity index (χ2n) is 5.52. The van der Waals surface area contributed by atoms with Gasteiger partial charge >= 0.3 is 0 Å². The molecule has 116 valence electrons. The third-order valence-corrected chi connectivity index (χ3v) is 4.23. The molecule has 0 bridgehead atoms. The van der Waals surface area contributed by atoms with Crippen LogP contribution in [0.3, 0.4) is 0 Å². The van der Waals surface area contributed by atoms with Gasteiger partial charge in [-0.2, -0.15) is 0 Å². The summed E-state index contributed by atoms with van der Waals surface area (Å²) in [5.41, 5.74) is 1.09. The van der Waals surface area contributed by atoms with E-state index in [1.807, 2.05) is 35.2 Å². The van der Waals surface area contributed by atoms with Gasteiger partial charge in [-0.25, -0.2) is 0 Å². The molecule has 1 atom stereocenters. The molecule has 2 nitrogen and oxygen atoms in total. The Bertz CT molecular complexity index is 470. The van der Waals surface area contributed by atoms with Gasteiger partial charge in [0, 0.05) is 29.0 Å². The number of nitrogens with zero attached hydrogens (tertiary/aromatic N) is 1. The highest BCUT2D eigenvalue weighted by molar-refractivity contribution is 9.09. The van der Waals surface area contributed by atoms with E-state index in [9.17, 15) is 4.79 Å². The predicted octanol–water partition coefficient (Wildman–Crippen LogP) is 5.05. The highest BCUT2D eigenvalue weighted by Gasteiger charge is 2.13. The molecule has 0 saturated carbocycles. The number of hydrogen-bond donors (Lipinski definition) is 0. The zero-order valence-electron chi connectivity index (χ0n) is 12.9. The number of allylic oxidation sites excluding steroid dienone is 1. The summed E-state index contributed by atoms with van der Waals surface area (Å²) < 4.78 is 0. The molecule has 0 fully saturated rings. The van der Waals surface area contributed by atoms with Crippen LogP contribution in [0.2, 0.25) is 5.02 Å². The molecule has 1 unspecified atom stereocenters. The van der Waals surface area contributed by atoms with E-state index in [1.165, 1.54) is 0 Å². The number of hydrogen-bond acceptors (Lipinski definition) is 1. The lowest BCUT2D eigenvalue weighted by atomic mass is 10.1. The standard InChI is InChI=1S/C17H23BrClNO/c1-4-15(18)7-10-17(21)20(11-13(2)3)12-14-5-8-16(19)9-6-14/h5-10,13,15H,4,11-12H2,1-3H3. The van der Waals surface area contributed by atoms with Gasteiger partial charge in [-0.15, -0.1) is 0 Å². The molecule has 21 heavy (non-hydrogen) atoms. The average molecular weight is 373 g/mol. The SMILES string of the molecule is CCC(Br)C=CC(=O)N(Cc1ccc(Cl)cc1)CC(C)C. The lowest BCUT2D eigenvalue weighted by molar-refractivity contribution is -0.127. The molecule has 0 N–H and O–H groups in total. The Morgan fingerprint density at radius 3 is 2.48 bits per heavy atom. The summed E-state index contributed by atoms with van der Waals surface area (Å²) in [7, 11) is 0. The average Bonchev–Trinajstić information content (AvgIpc) is 2.45. The number of carbonyl (C=O) groups is 1. The monoisotopic (exact) mass is 371 g/mol. The van der Waals surface area contributed by atoms with Crippen molar-refractivity contribution in [1.29, 1.82) is 0 Å². The molecule has 0 aliphatic carbocycles. The highest BCUT2D eigenvalue weighted by Crippen LogP contribution is 2.13. The van der Waals surface area contributed by atoms with E-state index in [4.69, 9.17) is 11.6 Å². The topological polar surface area (TPSA) is 20.3 Å². The van der Waals surface area contributed by atoms with Crippen LogP contribution in [0.5, 0.6) is 0 Å². The van der Waals surface area contributed by atoms with Crippen LogP contribution in [0.25, 0.3) is 0 Å². The number of carbonyl (C=O) groups excluding carboxylic acids is 1. The number of benzene rings is 1. The largest absolute Gasteiger partial charge is 0.335 e. The van der Waals surface area contributed by atoms with Gasteiger partial charge in [0.25, 0.3) is 0 Å². The van der Waals surface area contributed by atoms with Gasteiger partial charge < -0.3 is 4.90 Å². The normalized spacial score (nSPS) is 12.9. The number of amides is 1. The Hall–Kier alpha value is -0.800. The Balaban J connectivity index is 2.77. The quantitative estimate of drug-likeness (QED) is 0.484. The van der Waals surface area contributed by atoms with Crippen LogP contribution in [0.1, 0.15) is 32.8 Å². The van der Waals surface area contributed by atoms with E-state index in [0.29, 0.717) is 17.5 Å². The van der Waals surface area contributed by atoms with Crippen LogP contribution >= 0.6 is 27.5 Å². The Morgan fingerprint density at radius 2 is 1.95 bits per heavy atom. The minimum Gasteiger partial charge on any atom is -0.335 e. The van der Waals surface area contributed by atoms with Crippen molar-refractivity contribution in [1.82, 2.24) is 4.90 Å². The van der Waals surface area contributed by atoms with Crippen molar-refractivity contribution in [2.24, 2.45) is 5.92 Å². The van der Waals surface area contributed by atoms with Crippen molar-refractivity contribution in [2.45, 2.75) is 38.6 Å². The summed E-state index contributed by atoms with van der Waals surface area (Å²) >= 11 is 9.41. The van der Waals surface area contributed by atoms with Crippen LogP contribution in [0, 0.1) is 5.92 Å². The molecule has 1 rings (SSSR count). The summed E-state index contributed by atoms with van der Waals surface area (Å²) in [4.78, 5) is 14.5. The summed E-state index contributed by atoms with van der Waals surface area (Å²) in [5.74, 6) is 0.483. The molecule has 0 aromatic heterocycles. The maximum absolute atomic E-state index is 12.4. The Kier molecular flexibility index (Phi) is 8.05. The molecule has 0 spiro atoms. The summed E-state index contributed by atoms with van der Waals surface area (Å²) in [5, 5.41) is 0.713. The molecule has 1 aromatic carbocycles. The molecule has 0 aliphatic rings. The molecular formula is C17H23BrClNO. The maximum Gasteiger partial charge on any atom is 0.246 e. The molecule has 4 heteroatoms. The third-order valence-electron chi connectivity index (χ3n) is 3.02. The second kappa shape index (κ2) is 9.26. The zero-order valence-corrected chi connectivity index (χ0v) is 15.2. The van der Waals surface area contributed by atoms with Crippen LogP contribution in [-0.2, 0) is 11.3 Å². The van der Waals surface area contributed by atoms with Crippen LogP contribution < -0.4 is 0 Å². The molecule has 1 aromatic rings. The fraction of sp³-hybridized carbons (Fsp3) is 0.471. The fourth-order valence-corrected chi connectivity index (χ4v) is 2.19. The van der Waals surface area contributed by atoms with Gasteiger partial charge in [0.15, 0.2) is 0 Å². The van der Waals surface area contributed by atoms with Crippen molar-refractivity contribution < 1.29 is 4.79 Å². The maximum atomic E-state index is 12.4. The van der Waals surface area contributed by atoms with Gasteiger partial charge in [0.1, 0.15) is 0 Å². The van der Waals surface area contributed by atoms with Crippen molar-refractivity contribution >= 4 is 33.4 Å². The lowest BCUT2D eigenvalue weighted by Crippen LogP contribution is -2.32. The fourth-order valence-electron chi connectivity index (χ4n) is 1.91. The van der Waals surface area contributed by atoms with E-state index in [1.54, 1.807) is 6.08 Å². The number of halogens is 2. The first kappa shape index (κ1) is 18.2. The van der Waals surface area contributed by atoms with E-state index in [-0.39, 0.29) is 10.7 Å². The molecule has 0 heterocycles. The van der Waals surface area contributed by atoms with E-state index in [2.05, 4.69) is 36.7 Å². The van der Waals surface area contributed by atoms with Gasteiger partial charge in [-0.1, -0.05) is 66.5 Å². The molecule has 0 aliphatic heterocycles. The van der Waals surface area contributed by atoms with Crippen molar-refractivity contribution in [3.05, 3.63) is 47.0 Å². The summed E-state index contributed by atoms with van der Waals surface area (Å²) in [6.45, 7) is 7.66. The molecule has 0 radical (unpaired) electrons. The molecule has 1 amide bonds. The van der Waals surface area contributed by atoms with Crippen LogP contribution in [-0.4, -0.2) is 22.2 Å². The first-order chi connectivity index (χ1) is 9.92. The zero-order chi connectivity index (χ0) is 15.8. The van der Waals surface area contributed by atoms with Crippen molar-refractivity contribution in [2.75, 3.05) is 6.54 Å². The minimum atomic E-state index is 0.0524. The molecule has 0 saturated heterocycles. The first-order valence-corrected chi connectivity index (χ1v) is 8.57.